The molecular weight excluding hydrogens is 406 g/mol. The Bertz CT molecular complexity index is 1140. The minimum atomic E-state index is -0.760. The number of fused-ring (bicyclic) bond motifs is 1. The molecule has 2 aromatic carbocycles. The lowest BCUT2D eigenvalue weighted by molar-refractivity contribution is 0.0595. The number of hydrogen-bond donors (Lipinski definition) is 1. The summed E-state index contributed by atoms with van der Waals surface area (Å²) in [4.78, 5) is 24.5. The predicted molar refractivity (Wildman–Crippen MR) is 110 cm³/mol. The molecule has 0 radical (unpaired) electrons. The van der Waals surface area contributed by atoms with Crippen LogP contribution < -0.4 is 5.32 Å². The fourth-order valence-corrected chi connectivity index (χ4v) is 3.85. The number of carbonyl (C=O) groups is 2. The van der Waals surface area contributed by atoms with Crippen molar-refractivity contribution in [2.45, 2.75) is 25.4 Å². The van der Waals surface area contributed by atoms with Gasteiger partial charge in [-0.3, -0.25) is 4.79 Å². The number of benzene rings is 2. The van der Waals surface area contributed by atoms with Crippen molar-refractivity contribution in [1.29, 1.82) is 0 Å². The second-order valence-electron chi connectivity index (χ2n) is 7.47. The van der Waals surface area contributed by atoms with Crippen LogP contribution in [0.1, 0.15) is 39.1 Å². The largest absolute Gasteiger partial charge is 0.465 e. The molecule has 4 rings (SSSR count). The number of hydrogen-bond acceptors (Lipinski definition) is 4. The summed E-state index contributed by atoms with van der Waals surface area (Å²) in [7, 11) is 1.18. The highest BCUT2D eigenvalue weighted by Crippen LogP contribution is 2.26. The van der Waals surface area contributed by atoms with Crippen LogP contribution in [0.3, 0.4) is 0 Å². The van der Waals surface area contributed by atoms with E-state index in [0.717, 1.165) is 0 Å². The number of methoxy groups -OCH3 is 1. The number of aromatic nitrogens is 1. The molecule has 0 saturated carbocycles. The maximum absolute atomic E-state index is 14.7. The highest BCUT2D eigenvalue weighted by Gasteiger charge is 2.22. The number of halogens is 2. The quantitative estimate of drug-likeness (QED) is 0.630. The molecule has 1 fully saturated rings. The van der Waals surface area contributed by atoms with E-state index in [1.54, 1.807) is 29.0 Å². The SMILES string of the molecule is COC(=O)c1ccc(Cn2cc(C(=O)NC3CCOCC3)c3c(F)cccc32)cc1F. The van der Waals surface area contributed by atoms with Crippen LogP contribution in [0, 0.1) is 11.6 Å². The minimum Gasteiger partial charge on any atom is -0.465 e. The molecule has 2 heterocycles. The molecule has 31 heavy (non-hydrogen) atoms. The third-order valence-electron chi connectivity index (χ3n) is 5.45. The normalized spacial score (nSPS) is 14.5. The lowest BCUT2D eigenvalue weighted by Gasteiger charge is -2.22. The monoisotopic (exact) mass is 428 g/mol. The predicted octanol–water partition coefficient (Wildman–Crippen LogP) is 3.66. The number of rotatable bonds is 5. The van der Waals surface area contributed by atoms with E-state index in [-0.39, 0.29) is 35.0 Å². The molecule has 0 atom stereocenters. The molecule has 1 aliphatic heterocycles. The topological polar surface area (TPSA) is 69.6 Å². The van der Waals surface area contributed by atoms with E-state index in [2.05, 4.69) is 10.1 Å². The van der Waals surface area contributed by atoms with Gasteiger partial charge in [-0.05, 0) is 42.7 Å². The van der Waals surface area contributed by atoms with Gasteiger partial charge in [0.2, 0.25) is 0 Å². The van der Waals surface area contributed by atoms with E-state index in [9.17, 15) is 18.4 Å². The highest BCUT2D eigenvalue weighted by atomic mass is 19.1. The molecule has 1 aromatic heterocycles. The van der Waals surface area contributed by atoms with Crippen LogP contribution in [0.4, 0.5) is 8.78 Å². The Morgan fingerprint density at radius 3 is 2.61 bits per heavy atom. The van der Waals surface area contributed by atoms with Gasteiger partial charge in [-0.25, -0.2) is 13.6 Å². The summed E-state index contributed by atoms with van der Waals surface area (Å²) in [6.45, 7) is 1.35. The molecule has 1 aliphatic rings. The Labute approximate surface area is 177 Å². The third-order valence-corrected chi connectivity index (χ3v) is 5.45. The van der Waals surface area contributed by atoms with Gasteiger partial charge in [0.05, 0.1) is 23.8 Å². The zero-order valence-corrected chi connectivity index (χ0v) is 17.0. The number of nitrogens with one attached hydrogen (secondary N) is 1. The zero-order valence-electron chi connectivity index (χ0n) is 17.0. The Morgan fingerprint density at radius 2 is 1.90 bits per heavy atom. The van der Waals surface area contributed by atoms with Crippen LogP contribution >= 0.6 is 0 Å². The Hall–Kier alpha value is -3.26. The molecule has 1 N–H and O–H groups in total. The van der Waals surface area contributed by atoms with Crippen molar-refractivity contribution < 1.29 is 27.8 Å². The summed E-state index contributed by atoms with van der Waals surface area (Å²) in [5, 5.41) is 3.18. The molecule has 162 valence electrons. The first-order valence-corrected chi connectivity index (χ1v) is 10.0. The van der Waals surface area contributed by atoms with E-state index in [0.29, 0.717) is 37.1 Å². The van der Waals surface area contributed by atoms with Crippen molar-refractivity contribution >= 4 is 22.8 Å². The fourth-order valence-electron chi connectivity index (χ4n) is 3.85. The Kier molecular flexibility index (Phi) is 5.99. The summed E-state index contributed by atoms with van der Waals surface area (Å²) in [6.07, 6.45) is 2.99. The summed E-state index contributed by atoms with van der Waals surface area (Å²) < 4.78 is 40.5. The molecule has 1 saturated heterocycles. The summed E-state index contributed by atoms with van der Waals surface area (Å²) in [5.74, 6) is -2.32. The van der Waals surface area contributed by atoms with Crippen LogP contribution in [0.5, 0.6) is 0 Å². The number of esters is 1. The summed E-state index contributed by atoms with van der Waals surface area (Å²) in [6, 6.07) is 8.75. The average Bonchev–Trinajstić information content (AvgIpc) is 3.14. The third kappa shape index (κ3) is 4.29. The Balaban J connectivity index is 1.66. The van der Waals surface area contributed by atoms with Gasteiger partial charge >= 0.3 is 5.97 Å². The van der Waals surface area contributed by atoms with E-state index >= 15 is 0 Å². The second kappa shape index (κ2) is 8.85. The van der Waals surface area contributed by atoms with Crippen LogP contribution in [0.25, 0.3) is 10.9 Å². The van der Waals surface area contributed by atoms with E-state index in [1.165, 1.54) is 25.3 Å². The molecule has 0 aliphatic carbocycles. The van der Waals surface area contributed by atoms with E-state index < -0.39 is 17.6 Å². The fraction of sp³-hybridized carbons (Fsp3) is 0.304. The molecule has 0 unspecified atom stereocenters. The van der Waals surface area contributed by atoms with Crippen LogP contribution in [0.15, 0.2) is 42.6 Å². The maximum atomic E-state index is 14.7. The average molecular weight is 428 g/mol. The number of nitrogens with zero attached hydrogens (tertiary/aromatic N) is 1. The van der Waals surface area contributed by atoms with E-state index in [4.69, 9.17) is 4.74 Å². The summed E-state index contributed by atoms with van der Waals surface area (Å²) in [5.41, 5.74) is 1.15. The van der Waals surface area contributed by atoms with Gasteiger partial charge in [0.15, 0.2) is 0 Å². The van der Waals surface area contributed by atoms with Gasteiger partial charge in [-0.1, -0.05) is 12.1 Å². The van der Waals surface area contributed by atoms with Gasteiger partial charge in [-0.2, -0.15) is 0 Å². The molecule has 6 nitrogen and oxygen atoms in total. The lowest BCUT2D eigenvalue weighted by atomic mass is 10.1. The first-order chi connectivity index (χ1) is 15.0. The second-order valence-corrected chi connectivity index (χ2v) is 7.47. The van der Waals surface area contributed by atoms with Crippen molar-refractivity contribution in [3.63, 3.8) is 0 Å². The van der Waals surface area contributed by atoms with Crippen molar-refractivity contribution in [2.75, 3.05) is 20.3 Å². The van der Waals surface area contributed by atoms with Crippen LogP contribution in [-0.4, -0.2) is 42.8 Å². The van der Waals surface area contributed by atoms with Gasteiger partial charge in [-0.15, -0.1) is 0 Å². The molecule has 0 spiro atoms. The van der Waals surface area contributed by atoms with Crippen molar-refractivity contribution in [3.05, 3.63) is 70.9 Å². The Morgan fingerprint density at radius 1 is 1.13 bits per heavy atom. The van der Waals surface area contributed by atoms with Crippen molar-refractivity contribution in [1.82, 2.24) is 9.88 Å². The van der Waals surface area contributed by atoms with Gasteiger partial charge in [0.1, 0.15) is 11.6 Å². The highest BCUT2D eigenvalue weighted by molar-refractivity contribution is 6.07. The number of ether oxygens (including phenoxy) is 2. The molecule has 0 bridgehead atoms. The lowest BCUT2D eigenvalue weighted by Crippen LogP contribution is -2.38. The zero-order chi connectivity index (χ0) is 22.0. The number of amides is 1. The first kappa shape index (κ1) is 21.0. The molecule has 3 aromatic rings. The number of carbonyl (C=O) groups excluding carboxylic acids is 2. The molecular formula is C23H22F2N2O4. The van der Waals surface area contributed by atoms with Crippen LogP contribution in [0.2, 0.25) is 0 Å². The maximum Gasteiger partial charge on any atom is 0.340 e. The first-order valence-electron chi connectivity index (χ1n) is 10.0. The standard InChI is InChI=1S/C23H22F2N2O4/c1-30-23(29)16-6-5-14(11-19(16)25)12-27-13-17(21-18(24)3-2-4-20(21)27)22(28)26-15-7-9-31-10-8-15/h2-6,11,13,15H,7-10,12H2,1H3,(H,26,28). The molecule has 8 heteroatoms. The van der Waals surface area contributed by atoms with E-state index in [1.807, 2.05) is 0 Å². The smallest absolute Gasteiger partial charge is 0.340 e. The van der Waals surface area contributed by atoms with Crippen molar-refractivity contribution in [3.8, 4) is 0 Å². The van der Waals surface area contributed by atoms with Crippen LogP contribution in [-0.2, 0) is 16.0 Å². The van der Waals surface area contributed by atoms with Crippen molar-refractivity contribution in [2.24, 2.45) is 0 Å². The van der Waals surface area contributed by atoms with Gasteiger partial charge < -0.3 is 19.4 Å². The summed E-state index contributed by atoms with van der Waals surface area (Å²) >= 11 is 0. The van der Waals surface area contributed by atoms with Gasteiger partial charge in [0.25, 0.3) is 5.91 Å². The molecule has 1 amide bonds. The van der Waals surface area contributed by atoms with Gasteiger partial charge in [0, 0.05) is 37.4 Å². The minimum absolute atomic E-state index is 0.0219.